The topological polar surface area (TPSA) is 21.3 Å². The van der Waals surface area contributed by atoms with Gasteiger partial charge in [-0.15, -0.1) is 11.3 Å². The maximum absolute atomic E-state index is 5.64. The molecule has 1 aromatic heterocycles. The summed E-state index contributed by atoms with van der Waals surface area (Å²) in [5.74, 6) is 0. The predicted molar refractivity (Wildman–Crippen MR) is 79.5 cm³/mol. The van der Waals surface area contributed by atoms with Gasteiger partial charge in [-0.2, -0.15) is 0 Å². The Hall–Kier alpha value is -0.900. The van der Waals surface area contributed by atoms with Gasteiger partial charge < -0.3 is 10.1 Å². The number of nitrogens with one attached hydrogen (secondary N) is 1. The van der Waals surface area contributed by atoms with E-state index in [9.17, 15) is 0 Å². The summed E-state index contributed by atoms with van der Waals surface area (Å²) in [6.07, 6.45) is 2.11. The summed E-state index contributed by atoms with van der Waals surface area (Å²) in [6.45, 7) is 3.78. The van der Waals surface area contributed by atoms with Crippen LogP contribution >= 0.6 is 11.3 Å². The minimum absolute atomic E-state index is 0.398. The Morgan fingerprint density at radius 1 is 1.33 bits per heavy atom. The van der Waals surface area contributed by atoms with Gasteiger partial charge in [0.1, 0.15) is 0 Å². The zero-order valence-corrected chi connectivity index (χ0v) is 11.9. The second-order valence-electron chi connectivity index (χ2n) is 4.52. The van der Waals surface area contributed by atoms with Gasteiger partial charge >= 0.3 is 0 Å². The number of benzene rings is 1. The molecule has 2 nitrogen and oxygen atoms in total. The molecule has 0 saturated heterocycles. The highest BCUT2D eigenvalue weighted by atomic mass is 32.1. The molecular formula is C15H21NOS. The van der Waals surface area contributed by atoms with Crippen molar-refractivity contribution in [1.29, 1.82) is 0 Å². The van der Waals surface area contributed by atoms with E-state index in [4.69, 9.17) is 4.74 Å². The first-order valence-corrected chi connectivity index (χ1v) is 7.43. The lowest BCUT2D eigenvalue weighted by atomic mass is 10.1. The van der Waals surface area contributed by atoms with Crippen molar-refractivity contribution in [2.45, 2.75) is 25.8 Å². The average Bonchev–Trinajstić information content (AvgIpc) is 2.81. The number of thiophene rings is 1. The first kappa shape index (κ1) is 13.5. The summed E-state index contributed by atoms with van der Waals surface area (Å²) < 4.78 is 7.01. The van der Waals surface area contributed by atoms with Crippen molar-refractivity contribution in [1.82, 2.24) is 5.32 Å². The molecule has 0 amide bonds. The number of ether oxygens (including phenoxy) is 1. The summed E-state index contributed by atoms with van der Waals surface area (Å²) in [7, 11) is 2.01. The summed E-state index contributed by atoms with van der Waals surface area (Å²) in [4.78, 5) is 0. The molecule has 1 aromatic carbocycles. The van der Waals surface area contributed by atoms with Crippen molar-refractivity contribution >= 4 is 21.4 Å². The Morgan fingerprint density at radius 3 is 2.94 bits per heavy atom. The summed E-state index contributed by atoms with van der Waals surface area (Å²) in [6, 6.07) is 9.00. The van der Waals surface area contributed by atoms with E-state index in [1.807, 2.05) is 18.4 Å². The van der Waals surface area contributed by atoms with Gasteiger partial charge in [0, 0.05) is 17.3 Å². The van der Waals surface area contributed by atoms with Crippen molar-refractivity contribution in [3.8, 4) is 0 Å². The molecule has 98 valence electrons. The van der Waals surface area contributed by atoms with Crippen molar-refractivity contribution in [3.05, 3.63) is 35.2 Å². The highest BCUT2D eigenvalue weighted by Gasteiger charge is 2.10. The molecule has 0 fully saturated rings. The molecule has 3 heteroatoms. The Kier molecular flexibility index (Phi) is 5.17. The molecule has 0 aliphatic rings. The maximum Gasteiger partial charge on any atom is 0.0622 e. The number of hydrogen-bond acceptors (Lipinski definition) is 3. The first-order chi connectivity index (χ1) is 8.85. The molecule has 0 aliphatic heterocycles. The van der Waals surface area contributed by atoms with Gasteiger partial charge in [0.25, 0.3) is 0 Å². The average molecular weight is 263 g/mol. The monoisotopic (exact) mass is 263 g/mol. The number of likely N-dealkylation sites (N-methyl/N-ethyl adjacent to an activating group) is 1. The number of hydrogen-bond donors (Lipinski definition) is 1. The molecule has 1 atom stereocenters. The van der Waals surface area contributed by atoms with Crippen LogP contribution in [0, 0.1) is 0 Å². The van der Waals surface area contributed by atoms with Crippen LogP contribution in [0.3, 0.4) is 0 Å². The fourth-order valence-corrected chi connectivity index (χ4v) is 3.05. The molecule has 0 radical (unpaired) electrons. The third-order valence-electron chi connectivity index (χ3n) is 3.10. The fraction of sp³-hybridized carbons (Fsp3) is 0.467. The lowest BCUT2D eigenvalue weighted by molar-refractivity contribution is 0.114. The fourth-order valence-electron chi connectivity index (χ4n) is 2.07. The highest BCUT2D eigenvalue weighted by molar-refractivity contribution is 7.17. The minimum atomic E-state index is 0.398. The van der Waals surface area contributed by atoms with E-state index in [2.05, 4.69) is 41.9 Å². The first-order valence-electron chi connectivity index (χ1n) is 6.55. The second kappa shape index (κ2) is 6.88. The lowest BCUT2D eigenvalue weighted by Gasteiger charge is -2.15. The molecular weight excluding hydrogens is 242 g/mol. The van der Waals surface area contributed by atoms with E-state index < -0.39 is 0 Å². The highest BCUT2D eigenvalue weighted by Crippen LogP contribution is 2.26. The summed E-state index contributed by atoms with van der Waals surface area (Å²) in [5.41, 5.74) is 1.43. The van der Waals surface area contributed by atoms with E-state index in [1.165, 1.54) is 15.6 Å². The molecule has 0 bridgehead atoms. The van der Waals surface area contributed by atoms with Gasteiger partial charge in [0.2, 0.25) is 0 Å². The quantitative estimate of drug-likeness (QED) is 0.772. The van der Waals surface area contributed by atoms with Crippen LogP contribution in [0.5, 0.6) is 0 Å². The van der Waals surface area contributed by atoms with E-state index in [1.54, 1.807) is 0 Å². The Balaban J connectivity index is 2.02. The van der Waals surface area contributed by atoms with Crippen LogP contribution in [0.15, 0.2) is 29.6 Å². The van der Waals surface area contributed by atoms with E-state index in [0.29, 0.717) is 6.04 Å². The van der Waals surface area contributed by atoms with Crippen LogP contribution in [-0.4, -0.2) is 26.3 Å². The maximum atomic E-state index is 5.64. The van der Waals surface area contributed by atoms with Crippen LogP contribution in [-0.2, 0) is 11.2 Å². The van der Waals surface area contributed by atoms with Gasteiger partial charge in [0.15, 0.2) is 0 Å². The third kappa shape index (κ3) is 3.31. The molecule has 2 aromatic rings. The van der Waals surface area contributed by atoms with Crippen molar-refractivity contribution in [2.75, 3.05) is 20.3 Å². The SMILES string of the molecule is CCCOCC(Cc1csc2ccccc12)NC. The van der Waals surface area contributed by atoms with Crippen LogP contribution in [0.2, 0.25) is 0 Å². The molecule has 1 unspecified atom stereocenters. The Labute approximate surface area is 113 Å². The summed E-state index contributed by atoms with van der Waals surface area (Å²) in [5, 5.41) is 7.00. The molecule has 1 N–H and O–H groups in total. The van der Waals surface area contributed by atoms with Gasteiger partial charge in [-0.05, 0) is 42.3 Å². The predicted octanol–water partition coefficient (Wildman–Crippen LogP) is 3.46. The van der Waals surface area contributed by atoms with Gasteiger partial charge in [-0.3, -0.25) is 0 Å². The van der Waals surface area contributed by atoms with Crippen molar-refractivity contribution in [3.63, 3.8) is 0 Å². The molecule has 0 spiro atoms. The standard InChI is InChI=1S/C15H21NOS/c1-3-8-17-10-13(16-2)9-12-11-18-15-7-5-4-6-14(12)15/h4-7,11,13,16H,3,8-10H2,1-2H3. The zero-order chi connectivity index (χ0) is 12.8. The van der Waals surface area contributed by atoms with E-state index >= 15 is 0 Å². The van der Waals surface area contributed by atoms with Gasteiger partial charge in [0.05, 0.1) is 6.61 Å². The van der Waals surface area contributed by atoms with Crippen LogP contribution in [0.4, 0.5) is 0 Å². The smallest absolute Gasteiger partial charge is 0.0622 e. The third-order valence-corrected chi connectivity index (χ3v) is 4.12. The van der Waals surface area contributed by atoms with E-state index in [-0.39, 0.29) is 0 Å². The normalized spacial score (nSPS) is 13.0. The van der Waals surface area contributed by atoms with Crippen LogP contribution < -0.4 is 5.32 Å². The Morgan fingerprint density at radius 2 is 2.17 bits per heavy atom. The largest absolute Gasteiger partial charge is 0.380 e. The van der Waals surface area contributed by atoms with Crippen LogP contribution in [0.25, 0.3) is 10.1 Å². The van der Waals surface area contributed by atoms with Crippen LogP contribution in [0.1, 0.15) is 18.9 Å². The molecule has 2 rings (SSSR count). The number of rotatable bonds is 7. The summed E-state index contributed by atoms with van der Waals surface area (Å²) >= 11 is 1.83. The molecule has 18 heavy (non-hydrogen) atoms. The second-order valence-corrected chi connectivity index (χ2v) is 5.43. The van der Waals surface area contributed by atoms with Crippen molar-refractivity contribution in [2.24, 2.45) is 0 Å². The molecule has 0 aliphatic carbocycles. The van der Waals surface area contributed by atoms with Crippen molar-refractivity contribution < 1.29 is 4.74 Å². The van der Waals surface area contributed by atoms with Gasteiger partial charge in [-0.25, -0.2) is 0 Å². The number of fused-ring (bicyclic) bond motifs is 1. The van der Waals surface area contributed by atoms with Gasteiger partial charge in [-0.1, -0.05) is 25.1 Å². The molecule has 0 saturated carbocycles. The minimum Gasteiger partial charge on any atom is -0.380 e. The Bertz CT molecular complexity index is 480. The lowest BCUT2D eigenvalue weighted by Crippen LogP contribution is -2.32. The molecule has 1 heterocycles. The zero-order valence-electron chi connectivity index (χ0n) is 11.1. The van der Waals surface area contributed by atoms with E-state index in [0.717, 1.165) is 26.1 Å².